The van der Waals surface area contributed by atoms with Crippen LogP contribution in [-0.4, -0.2) is 47.6 Å². The van der Waals surface area contributed by atoms with E-state index in [-0.39, 0.29) is 5.82 Å². The Labute approximate surface area is 146 Å². The minimum absolute atomic E-state index is 0.266. The van der Waals surface area contributed by atoms with Crippen LogP contribution in [0.15, 0.2) is 42.6 Å². The first kappa shape index (κ1) is 16.1. The predicted molar refractivity (Wildman–Crippen MR) is 95.3 cm³/mol. The summed E-state index contributed by atoms with van der Waals surface area (Å²) in [4.78, 5) is 7.14. The highest BCUT2D eigenvalue weighted by molar-refractivity contribution is 5.72. The topological polar surface area (TPSA) is 41.8 Å². The minimum atomic E-state index is -0.266. The molecule has 6 heteroatoms. The average molecular weight is 340 g/mol. The van der Waals surface area contributed by atoms with Crippen LogP contribution >= 0.6 is 0 Å². The standard InChI is InChI=1S/C19H21FN4O/c1-25-17-5-3-2-4-15(17)19-16(13-23-10-8-21-9-11-23)24-12-14(20)6-7-18(24)22-19/h2-7,12,21H,8-11,13H2,1H3. The van der Waals surface area contributed by atoms with Crippen LogP contribution in [0.25, 0.3) is 16.9 Å². The molecule has 0 amide bonds. The molecule has 1 fully saturated rings. The van der Waals surface area contributed by atoms with E-state index >= 15 is 0 Å². The SMILES string of the molecule is COc1ccccc1-c1nc2ccc(F)cn2c1CN1CCNCC1. The number of nitrogens with zero attached hydrogens (tertiary/aromatic N) is 3. The summed E-state index contributed by atoms with van der Waals surface area (Å²) < 4.78 is 21.2. The summed E-state index contributed by atoms with van der Waals surface area (Å²) in [5, 5.41) is 3.36. The molecule has 3 heterocycles. The van der Waals surface area contributed by atoms with Crippen molar-refractivity contribution in [1.29, 1.82) is 0 Å². The normalized spacial score (nSPS) is 15.6. The van der Waals surface area contributed by atoms with Crippen molar-refractivity contribution in [2.75, 3.05) is 33.3 Å². The van der Waals surface area contributed by atoms with Gasteiger partial charge in [-0.3, -0.25) is 9.30 Å². The van der Waals surface area contributed by atoms with Crippen molar-refractivity contribution in [3.8, 4) is 17.0 Å². The summed E-state index contributed by atoms with van der Waals surface area (Å²) >= 11 is 0. The number of nitrogens with one attached hydrogen (secondary N) is 1. The van der Waals surface area contributed by atoms with Gasteiger partial charge in [-0.15, -0.1) is 0 Å². The molecule has 1 saturated heterocycles. The van der Waals surface area contributed by atoms with Gasteiger partial charge in [0.2, 0.25) is 0 Å². The molecule has 0 bridgehead atoms. The van der Waals surface area contributed by atoms with E-state index in [0.717, 1.165) is 61.1 Å². The largest absolute Gasteiger partial charge is 0.496 e. The number of methoxy groups -OCH3 is 1. The number of aromatic nitrogens is 2. The van der Waals surface area contributed by atoms with Gasteiger partial charge in [-0.1, -0.05) is 12.1 Å². The summed E-state index contributed by atoms with van der Waals surface area (Å²) in [5.41, 5.74) is 3.51. The zero-order valence-corrected chi connectivity index (χ0v) is 14.2. The molecule has 25 heavy (non-hydrogen) atoms. The Kier molecular flexibility index (Phi) is 4.38. The zero-order valence-electron chi connectivity index (χ0n) is 14.2. The summed E-state index contributed by atoms with van der Waals surface area (Å²) in [6, 6.07) is 11.0. The smallest absolute Gasteiger partial charge is 0.139 e. The number of halogens is 1. The molecule has 130 valence electrons. The lowest BCUT2D eigenvalue weighted by Gasteiger charge is -2.27. The van der Waals surface area contributed by atoms with Crippen molar-refractivity contribution >= 4 is 5.65 Å². The number of rotatable bonds is 4. The molecule has 5 nitrogen and oxygen atoms in total. The lowest BCUT2D eigenvalue weighted by molar-refractivity contribution is 0.230. The van der Waals surface area contributed by atoms with E-state index < -0.39 is 0 Å². The van der Waals surface area contributed by atoms with Crippen LogP contribution in [-0.2, 0) is 6.54 Å². The zero-order chi connectivity index (χ0) is 17.2. The van der Waals surface area contributed by atoms with E-state index in [1.54, 1.807) is 13.2 Å². The third kappa shape index (κ3) is 3.10. The maximum atomic E-state index is 13.9. The highest BCUT2D eigenvalue weighted by Crippen LogP contribution is 2.33. The maximum Gasteiger partial charge on any atom is 0.139 e. The van der Waals surface area contributed by atoms with Crippen LogP contribution in [0.3, 0.4) is 0 Å². The van der Waals surface area contributed by atoms with Gasteiger partial charge >= 0.3 is 0 Å². The number of ether oxygens (including phenoxy) is 1. The Balaban J connectivity index is 1.86. The second kappa shape index (κ2) is 6.82. The van der Waals surface area contributed by atoms with Gasteiger partial charge in [0.05, 0.1) is 18.5 Å². The van der Waals surface area contributed by atoms with Gasteiger partial charge in [0.25, 0.3) is 0 Å². The number of imidazole rings is 1. The fourth-order valence-corrected chi connectivity index (χ4v) is 3.36. The van der Waals surface area contributed by atoms with E-state index in [1.165, 1.54) is 12.3 Å². The van der Waals surface area contributed by atoms with Gasteiger partial charge in [-0.05, 0) is 24.3 Å². The highest BCUT2D eigenvalue weighted by Gasteiger charge is 2.20. The lowest BCUT2D eigenvalue weighted by Crippen LogP contribution is -2.43. The Bertz CT molecular complexity index is 886. The number of hydrogen-bond acceptors (Lipinski definition) is 4. The first-order valence-corrected chi connectivity index (χ1v) is 8.49. The van der Waals surface area contributed by atoms with E-state index in [9.17, 15) is 4.39 Å². The Morgan fingerprint density at radius 1 is 1.16 bits per heavy atom. The van der Waals surface area contributed by atoms with Crippen molar-refractivity contribution in [2.45, 2.75) is 6.54 Å². The summed E-state index contributed by atoms with van der Waals surface area (Å²) in [6.45, 7) is 4.59. The first-order chi connectivity index (χ1) is 12.3. The van der Waals surface area contributed by atoms with Gasteiger partial charge in [0.1, 0.15) is 17.2 Å². The van der Waals surface area contributed by atoms with Crippen molar-refractivity contribution in [2.24, 2.45) is 0 Å². The summed E-state index contributed by atoms with van der Waals surface area (Å²) in [5.74, 6) is 0.506. The van der Waals surface area contributed by atoms with Crippen LogP contribution in [0.2, 0.25) is 0 Å². The molecule has 0 radical (unpaired) electrons. The molecule has 0 atom stereocenters. The molecule has 1 aromatic carbocycles. The number of benzene rings is 1. The van der Waals surface area contributed by atoms with Gasteiger partial charge in [-0.2, -0.15) is 0 Å². The molecule has 0 unspecified atom stereocenters. The monoisotopic (exact) mass is 340 g/mol. The van der Waals surface area contributed by atoms with Crippen molar-refractivity contribution in [3.05, 3.63) is 54.1 Å². The number of fused-ring (bicyclic) bond motifs is 1. The summed E-state index contributed by atoms with van der Waals surface area (Å²) in [7, 11) is 1.66. The lowest BCUT2D eigenvalue weighted by atomic mass is 10.1. The highest BCUT2D eigenvalue weighted by atomic mass is 19.1. The quantitative estimate of drug-likeness (QED) is 0.793. The summed E-state index contributed by atoms with van der Waals surface area (Å²) in [6.07, 6.45) is 1.51. The fourth-order valence-electron chi connectivity index (χ4n) is 3.36. The number of hydrogen-bond donors (Lipinski definition) is 1. The molecule has 0 spiro atoms. The molecular weight excluding hydrogens is 319 g/mol. The van der Waals surface area contributed by atoms with Gasteiger partial charge < -0.3 is 10.1 Å². The Hall–Kier alpha value is -2.44. The average Bonchev–Trinajstić information content (AvgIpc) is 3.00. The molecule has 4 rings (SSSR count). The van der Waals surface area contributed by atoms with Crippen LogP contribution in [0.5, 0.6) is 5.75 Å². The third-order valence-corrected chi connectivity index (χ3v) is 4.63. The number of pyridine rings is 1. The molecule has 0 aliphatic carbocycles. The molecule has 1 aliphatic heterocycles. The first-order valence-electron chi connectivity index (χ1n) is 8.49. The van der Waals surface area contributed by atoms with Gasteiger partial charge in [0.15, 0.2) is 0 Å². The van der Waals surface area contributed by atoms with Gasteiger partial charge in [0, 0.05) is 44.5 Å². The molecule has 3 aromatic rings. The van der Waals surface area contributed by atoms with Gasteiger partial charge in [-0.25, -0.2) is 9.37 Å². The maximum absolute atomic E-state index is 13.9. The number of piperazine rings is 1. The molecular formula is C19H21FN4O. The van der Waals surface area contributed by atoms with Crippen LogP contribution in [0.1, 0.15) is 5.69 Å². The number of para-hydroxylation sites is 1. The fraction of sp³-hybridized carbons (Fsp3) is 0.316. The van der Waals surface area contributed by atoms with Crippen molar-refractivity contribution in [3.63, 3.8) is 0 Å². The second-order valence-electron chi connectivity index (χ2n) is 6.21. The van der Waals surface area contributed by atoms with E-state index in [2.05, 4.69) is 10.2 Å². The van der Waals surface area contributed by atoms with Crippen molar-refractivity contribution < 1.29 is 9.13 Å². The van der Waals surface area contributed by atoms with E-state index in [0.29, 0.717) is 0 Å². The molecule has 0 saturated carbocycles. The van der Waals surface area contributed by atoms with E-state index in [4.69, 9.17) is 9.72 Å². The second-order valence-corrected chi connectivity index (χ2v) is 6.21. The minimum Gasteiger partial charge on any atom is -0.496 e. The van der Waals surface area contributed by atoms with Crippen molar-refractivity contribution in [1.82, 2.24) is 19.6 Å². The van der Waals surface area contributed by atoms with Crippen LogP contribution in [0, 0.1) is 5.82 Å². The Morgan fingerprint density at radius 3 is 2.76 bits per heavy atom. The third-order valence-electron chi connectivity index (χ3n) is 4.63. The van der Waals surface area contributed by atoms with Crippen LogP contribution in [0.4, 0.5) is 4.39 Å². The Morgan fingerprint density at radius 2 is 1.96 bits per heavy atom. The molecule has 1 aliphatic rings. The predicted octanol–water partition coefficient (Wildman–Crippen LogP) is 2.55. The molecule has 1 N–H and O–H groups in total. The molecule has 2 aromatic heterocycles. The van der Waals surface area contributed by atoms with E-state index in [1.807, 2.05) is 28.7 Å². The van der Waals surface area contributed by atoms with Crippen LogP contribution < -0.4 is 10.1 Å².